The SMILES string of the molecule is COc1nc(C(=O)O)nc2cc(Br)ccc12. The van der Waals surface area contributed by atoms with Gasteiger partial charge in [0.2, 0.25) is 11.7 Å². The number of hydrogen-bond donors (Lipinski definition) is 1. The van der Waals surface area contributed by atoms with Gasteiger partial charge in [0.05, 0.1) is 18.0 Å². The molecule has 0 bridgehead atoms. The Morgan fingerprint density at radius 3 is 2.81 bits per heavy atom. The molecule has 0 aliphatic carbocycles. The van der Waals surface area contributed by atoms with E-state index in [9.17, 15) is 4.79 Å². The van der Waals surface area contributed by atoms with Crippen molar-refractivity contribution in [3.05, 3.63) is 28.5 Å². The molecular formula is C10H7BrN2O3. The highest BCUT2D eigenvalue weighted by molar-refractivity contribution is 9.10. The maximum Gasteiger partial charge on any atom is 0.374 e. The van der Waals surface area contributed by atoms with Gasteiger partial charge in [-0.2, -0.15) is 4.98 Å². The van der Waals surface area contributed by atoms with Crippen LogP contribution in [0.3, 0.4) is 0 Å². The number of carboxylic acids is 1. The Kier molecular flexibility index (Phi) is 2.74. The van der Waals surface area contributed by atoms with E-state index in [1.165, 1.54) is 7.11 Å². The molecule has 0 aliphatic heterocycles. The van der Waals surface area contributed by atoms with Crippen molar-refractivity contribution in [1.82, 2.24) is 9.97 Å². The maximum absolute atomic E-state index is 10.8. The van der Waals surface area contributed by atoms with E-state index >= 15 is 0 Å². The summed E-state index contributed by atoms with van der Waals surface area (Å²) < 4.78 is 5.85. The van der Waals surface area contributed by atoms with Crippen LogP contribution in [0.2, 0.25) is 0 Å². The lowest BCUT2D eigenvalue weighted by atomic mass is 10.2. The first kappa shape index (κ1) is 10.8. The van der Waals surface area contributed by atoms with Gasteiger partial charge >= 0.3 is 5.97 Å². The highest BCUT2D eigenvalue weighted by atomic mass is 79.9. The monoisotopic (exact) mass is 282 g/mol. The van der Waals surface area contributed by atoms with E-state index in [1.54, 1.807) is 12.1 Å². The van der Waals surface area contributed by atoms with Crippen LogP contribution in [0.25, 0.3) is 10.9 Å². The van der Waals surface area contributed by atoms with Gasteiger partial charge in [-0.15, -0.1) is 0 Å². The topological polar surface area (TPSA) is 72.3 Å². The van der Waals surface area contributed by atoms with E-state index in [4.69, 9.17) is 9.84 Å². The zero-order valence-electron chi connectivity index (χ0n) is 8.27. The third-order valence-corrected chi connectivity index (χ3v) is 2.50. The fraction of sp³-hybridized carbons (Fsp3) is 0.100. The molecule has 0 saturated carbocycles. The molecule has 2 rings (SSSR count). The van der Waals surface area contributed by atoms with E-state index in [0.717, 1.165) is 4.47 Å². The van der Waals surface area contributed by atoms with Gasteiger partial charge in [-0.05, 0) is 18.2 Å². The number of carboxylic acid groups (broad SMARTS) is 1. The van der Waals surface area contributed by atoms with Crippen LogP contribution in [0.5, 0.6) is 5.88 Å². The highest BCUT2D eigenvalue weighted by Gasteiger charge is 2.13. The molecule has 0 saturated heterocycles. The number of hydrogen-bond acceptors (Lipinski definition) is 4. The summed E-state index contributed by atoms with van der Waals surface area (Å²) in [4.78, 5) is 18.5. The molecule has 1 N–H and O–H groups in total. The van der Waals surface area contributed by atoms with Crippen LogP contribution in [-0.4, -0.2) is 28.2 Å². The zero-order valence-corrected chi connectivity index (χ0v) is 9.85. The summed E-state index contributed by atoms with van der Waals surface area (Å²) in [5.74, 6) is -1.20. The van der Waals surface area contributed by atoms with Crippen LogP contribution < -0.4 is 4.74 Å². The van der Waals surface area contributed by atoms with Crippen molar-refractivity contribution in [3.63, 3.8) is 0 Å². The number of methoxy groups -OCH3 is 1. The summed E-state index contributed by atoms with van der Waals surface area (Å²) in [6, 6.07) is 5.30. The second-order valence-corrected chi connectivity index (χ2v) is 3.94. The second kappa shape index (κ2) is 4.05. The van der Waals surface area contributed by atoms with E-state index in [1.807, 2.05) is 6.07 Å². The summed E-state index contributed by atoms with van der Waals surface area (Å²) in [6.07, 6.45) is 0. The van der Waals surface area contributed by atoms with Crippen molar-refractivity contribution >= 4 is 32.8 Å². The molecular weight excluding hydrogens is 276 g/mol. The molecule has 82 valence electrons. The molecule has 5 nitrogen and oxygen atoms in total. The number of halogens is 1. The predicted molar refractivity (Wildman–Crippen MR) is 60.7 cm³/mol. The minimum absolute atomic E-state index is 0.259. The first-order valence-corrected chi connectivity index (χ1v) is 5.15. The second-order valence-electron chi connectivity index (χ2n) is 3.02. The normalized spacial score (nSPS) is 10.4. The third-order valence-electron chi connectivity index (χ3n) is 2.01. The number of nitrogens with zero attached hydrogens (tertiary/aromatic N) is 2. The number of benzene rings is 1. The molecule has 2 aromatic rings. The number of carbonyl (C=O) groups is 1. The fourth-order valence-corrected chi connectivity index (χ4v) is 1.67. The van der Waals surface area contributed by atoms with Gasteiger partial charge in [0, 0.05) is 4.47 Å². The van der Waals surface area contributed by atoms with Crippen molar-refractivity contribution in [2.75, 3.05) is 7.11 Å². The average Bonchev–Trinajstić information content (AvgIpc) is 2.26. The van der Waals surface area contributed by atoms with E-state index in [0.29, 0.717) is 10.9 Å². The van der Waals surface area contributed by atoms with Crippen LogP contribution in [0.15, 0.2) is 22.7 Å². The van der Waals surface area contributed by atoms with Crippen LogP contribution in [-0.2, 0) is 0 Å². The summed E-state index contributed by atoms with van der Waals surface area (Å²) in [7, 11) is 1.44. The van der Waals surface area contributed by atoms with Crippen LogP contribution >= 0.6 is 15.9 Å². The van der Waals surface area contributed by atoms with E-state index < -0.39 is 5.97 Å². The molecule has 6 heteroatoms. The molecule has 0 unspecified atom stereocenters. The van der Waals surface area contributed by atoms with Crippen LogP contribution in [0, 0.1) is 0 Å². The van der Waals surface area contributed by atoms with Crippen molar-refractivity contribution < 1.29 is 14.6 Å². The van der Waals surface area contributed by atoms with Gasteiger partial charge in [-0.25, -0.2) is 9.78 Å². The largest absolute Gasteiger partial charge is 0.480 e. The molecule has 0 spiro atoms. The number of aromatic nitrogens is 2. The van der Waals surface area contributed by atoms with E-state index in [-0.39, 0.29) is 11.7 Å². The Labute approximate surface area is 99.2 Å². The van der Waals surface area contributed by atoms with Crippen LogP contribution in [0.4, 0.5) is 0 Å². The quantitative estimate of drug-likeness (QED) is 0.913. The summed E-state index contributed by atoms with van der Waals surface area (Å²) in [5, 5.41) is 9.52. The molecule has 0 radical (unpaired) electrons. The van der Waals surface area contributed by atoms with E-state index in [2.05, 4.69) is 25.9 Å². The molecule has 0 amide bonds. The van der Waals surface area contributed by atoms with Crippen molar-refractivity contribution in [2.24, 2.45) is 0 Å². The van der Waals surface area contributed by atoms with Gasteiger partial charge in [0.15, 0.2) is 0 Å². The standard InChI is InChI=1S/C10H7BrN2O3/c1-16-9-6-3-2-5(11)4-7(6)12-8(13-9)10(14)15/h2-4H,1H3,(H,14,15). The van der Waals surface area contributed by atoms with Gasteiger partial charge in [0.1, 0.15) is 0 Å². The Morgan fingerprint density at radius 1 is 1.44 bits per heavy atom. The predicted octanol–water partition coefficient (Wildman–Crippen LogP) is 2.10. The molecule has 1 aromatic heterocycles. The fourth-order valence-electron chi connectivity index (χ4n) is 1.32. The van der Waals surface area contributed by atoms with Gasteiger partial charge in [0.25, 0.3) is 0 Å². The van der Waals surface area contributed by atoms with Gasteiger partial charge < -0.3 is 9.84 Å². The minimum Gasteiger partial charge on any atom is -0.480 e. The first-order valence-electron chi connectivity index (χ1n) is 4.36. The lowest BCUT2D eigenvalue weighted by Crippen LogP contribution is -2.05. The Balaban J connectivity index is 2.78. The maximum atomic E-state index is 10.8. The van der Waals surface area contributed by atoms with Gasteiger partial charge in [-0.1, -0.05) is 15.9 Å². The molecule has 0 aliphatic rings. The summed E-state index contributed by atoms with van der Waals surface area (Å²) in [5.41, 5.74) is 0.527. The minimum atomic E-state index is -1.18. The lowest BCUT2D eigenvalue weighted by Gasteiger charge is -2.05. The van der Waals surface area contributed by atoms with Gasteiger partial charge in [-0.3, -0.25) is 0 Å². The van der Waals surface area contributed by atoms with Crippen molar-refractivity contribution in [3.8, 4) is 5.88 Å². The average molecular weight is 283 g/mol. The zero-order chi connectivity index (χ0) is 11.7. The first-order chi connectivity index (χ1) is 7.61. The molecule has 16 heavy (non-hydrogen) atoms. The lowest BCUT2D eigenvalue weighted by molar-refractivity contribution is 0.0683. The Morgan fingerprint density at radius 2 is 2.19 bits per heavy atom. The molecule has 0 fully saturated rings. The van der Waals surface area contributed by atoms with Crippen molar-refractivity contribution in [2.45, 2.75) is 0 Å². The molecule has 1 heterocycles. The van der Waals surface area contributed by atoms with Crippen LogP contribution in [0.1, 0.15) is 10.6 Å². The Hall–Kier alpha value is -1.69. The number of fused-ring (bicyclic) bond motifs is 1. The molecule has 0 atom stereocenters. The number of aromatic carboxylic acids is 1. The Bertz CT molecular complexity index is 571. The number of ether oxygens (including phenoxy) is 1. The summed E-state index contributed by atoms with van der Waals surface area (Å²) in [6.45, 7) is 0. The summed E-state index contributed by atoms with van der Waals surface area (Å²) >= 11 is 3.29. The smallest absolute Gasteiger partial charge is 0.374 e. The number of rotatable bonds is 2. The van der Waals surface area contributed by atoms with Crippen molar-refractivity contribution in [1.29, 1.82) is 0 Å². The molecule has 1 aromatic carbocycles. The highest BCUT2D eigenvalue weighted by Crippen LogP contribution is 2.25. The third kappa shape index (κ3) is 1.83.